The van der Waals surface area contributed by atoms with Crippen molar-refractivity contribution in [3.63, 3.8) is 0 Å². The molecule has 0 saturated heterocycles. The number of rotatable bonds is 3. The first kappa shape index (κ1) is 14.2. The van der Waals surface area contributed by atoms with E-state index in [-0.39, 0.29) is 17.9 Å². The fourth-order valence-electron chi connectivity index (χ4n) is 1.40. The molecule has 7 heteroatoms. The summed E-state index contributed by atoms with van der Waals surface area (Å²) in [4.78, 5) is 24.5. The predicted octanol–water partition coefficient (Wildman–Crippen LogP) is 4.08. The van der Waals surface area contributed by atoms with E-state index in [4.69, 9.17) is 0 Å². The smallest absolute Gasteiger partial charge is 0.265 e. The Labute approximate surface area is 132 Å². The topological polar surface area (TPSA) is 39.1 Å². The zero-order valence-electron chi connectivity index (χ0n) is 8.82. The van der Waals surface area contributed by atoms with Crippen LogP contribution in [0, 0.1) is 0 Å². The minimum Gasteiger partial charge on any atom is -0.306 e. The number of carbonyl (C=O) groups excluding carboxylic acids is 1. The summed E-state index contributed by atoms with van der Waals surface area (Å²) >= 11 is 11.1. The standard InChI is InChI=1S/C11H6Br3NO2S/c12-6-3-8(14)11(17)15(4-6)5-9(16)10-7(13)1-2-18-10/h1-4H,5H2. The van der Waals surface area contributed by atoms with Gasteiger partial charge in [0.1, 0.15) is 0 Å². The maximum absolute atomic E-state index is 12.1. The van der Waals surface area contributed by atoms with E-state index in [1.54, 1.807) is 12.3 Å². The van der Waals surface area contributed by atoms with Gasteiger partial charge >= 0.3 is 0 Å². The van der Waals surface area contributed by atoms with Crippen LogP contribution in [0.25, 0.3) is 0 Å². The summed E-state index contributed by atoms with van der Waals surface area (Å²) in [5, 5.41) is 1.83. The fourth-order valence-corrected chi connectivity index (χ4v) is 4.18. The van der Waals surface area contributed by atoms with E-state index in [0.29, 0.717) is 9.35 Å². The SMILES string of the molecule is O=C(Cn1cc(Br)cc(Br)c1=O)c1sccc1Br. The lowest BCUT2D eigenvalue weighted by Crippen LogP contribution is -2.24. The summed E-state index contributed by atoms with van der Waals surface area (Å²) in [5.74, 6) is -0.0935. The van der Waals surface area contributed by atoms with E-state index in [9.17, 15) is 9.59 Å². The van der Waals surface area contributed by atoms with E-state index in [1.807, 2.05) is 11.4 Å². The first-order valence-corrected chi connectivity index (χ1v) is 8.06. The molecule has 0 amide bonds. The second-order valence-electron chi connectivity index (χ2n) is 3.46. The molecule has 0 aliphatic carbocycles. The normalized spacial score (nSPS) is 10.6. The maximum Gasteiger partial charge on any atom is 0.265 e. The van der Waals surface area contributed by atoms with Crippen molar-refractivity contribution in [1.29, 1.82) is 0 Å². The minimum absolute atomic E-state index is 0.0238. The van der Waals surface area contributed by atoms with Crippen LogP contribution in [-0.4, -0.2) is 10.4 Å². The zero-order valence-corrected chi connectivity index (χ0v) is 14.4. The van der Waals surface area contributed by atoms with Crippen molar-refractivity contribution in [1.82, 2.24) is 4.57 Å². The lowest BCUT2D eigenvalue weighted by atomic mass is 10.3. The fraction of sp³-hybridized carbons (Fsp3) is 0.0909. The predicted molar refractivity (Wildman–Crippen MR) is 82.5 cm³/mol. The molecule has 94 valence electrons. The Morgan fingerprint density at radius 3 is 2.61 bits per heavy atom. The van der Waals surface area contributed by atoms with Crippen LogP contribution in [0.2, 0.25) is 0 Å². The first-order valence-electron chi connectivity index (χ1n) is 4.80. The lowest BCUT2D eigenvalue weighted by Gasteiger charge is -2.05. The highest BCUT2D eigenvalue weighted by Gasteiger charge is 2.14. The van der Waals surface area contributed by atoms with Gasteiger partial charge in [-0.2, -0.15) is 0 Å². The van der Waals surface area contributed by atoms with Crippen molar-refractivity contribution in [3.8, 4) is 0 Å². The van der Waals surface area contributed by atoms with Gasteiger partial charge in [-0.25, -0.2) is 0 Å². The van der Waals surface area contributed by atoms with Crippen LogP contribution in [0.3, 0.4) is 0 Å². The highest BCUT2D eigenvalue weighted by atomic mass is 79.9. The van der Waals surface area contributed by atoms with E-state index >= 15 is 0 Å². The van der Waals surface area contributed by atoms with E-state index in [0.717, 1.165) is 8.95 Å². The molecule has 0 radical (unpaired) electrons. The van der Waals surface area contributed by atoms with Crippen LogP contribution in [0.5, 0.6) is 0 Å². The third kappa shape index (κ3) is 3.01. The average Bonchev–Trinajstić information content (AvgIpc) is 2.71. The Morgan fingerprint density at radius 2 is 2.00 bits per heavy atom. The molecule has 0 atom stereocenters. The van der Waals surface area contributed by atoms with Gasteiger partial charge < -0.3 is 4.57 Å². The largest absolute Gasteiger partial charge is 0.306 e. The minimum atomic E-state index is -0.223. The molecule has 0 bridgehead atoms. The molecule has 18 heavy (non-hydrogen) atoms. The van der Waals surface area contributed by atoms with Crippen LogP contribution < -0.4 is 5.56 Å². The zero-order chi connectivity index (χ0) is 13.3. The number of ketones is 1. The molecule has 0 fully saturated rings. The van der Waals surface area contributed by atoms with Crippen LogP contribution in [0.4, 0.5) is 0 Å². The molecule has 0 aromatic carbocycles. The lowest BCUT2D eigenvalue weighted by molar-refractivity contribution is 0.0974. The second-order valence-corrected chi connectivity index (χ2v) is 7.00. The van der Waals surface area contributed by atoms with Gasteiger partial charge in [-0.15, -0.1) is 11.3 Å². The molecule has 2 aromatic heterocycles. The molecular weight excluding hydrogens is 450 g/mol. The summed E-state index contributed by atoms with van der Waals surface area (Å²) in [7, 11) is 0. The number of hydrogen-bond donors (Lipinski definition) is 0. The molecule has 2 rings (SSSR count). The molecule has 0 spiro atoms. The van der Waals surface area contributed by atoms with Crippen molar-refractivity contribution in [2.45, 2.75) is 6.54 Å². The van der Waals surface area contributed by atoms with E-state index in [2.05, 4.69) is 47.8 Å². The number of Topliss-reactive ketones (excluding diaryl/α,β-unsaturated/α-hetero) is 1. The molecule has 0 N–H and O–H groups in total. The van der Waals surface area contributed by atoms with Crippen LogP contribution in [-0.2, 0) is 6.54 Å². The Kier molecular flexibility index (Phi) is 4.58. The average molecular weight is 456 g/mol. The van der Waals surface area contributed by atoms with Gasteiger partial charge in [-0.1, -0.05) is 0 Å². The highest BCUT2D eigenvalue weighted by Crippen LogP contribution is 2.23. The first-order chi connectivity index (χ1) is 8.49. The summed E-state index contributed by atoms with van der Waals surface area (Å²) in [6, 6.07) is 3.47. The van der Waals surface area contributed by atoms with Gasteiger partial charge in [0.05, 0.1) is 15.9 Å². The van der Waals surface area contributed by atoms with Gasteiger partial charge in [-0.3, -0.25) is 9.59 Å². The highest BCUT2D eigenvalue weighted by molar-refractivity contribution is 9.11. The summed E-state index contributed by atoms with van der Waals surface area (Å²) in [5.41, 5.74) is -0.223. The van der Waals surface area contributed by atoms with Gasteiger partial charge in [0.15, 0.2) is 5.78 Å². The van der Waals surface area contributed by atoms with Gasteiger partial charge in [0.25, 0.3) is 5.56 Å². The van der Waals surface area contributed by atoms with Crippen LogP contribution in [0.15, 0.2) is 41.9 Å². The Morgan fingerprint density at radius 1 is 1.28 bits per heavy atom. The Bertz CT molecular complexity index is 663. The molecular formula is C11H6Br3NO2S. The third-order valence-corrected chi connectivity index (χ3v) is 5.07. The molecule has 2 aromatic rings. The molecule has 0 aliphatic rings. The van der Waals surface area contributed by atoms with Crippen molar-refractivity contribution in [3.05, 3.63) is 52.4 Å². The molecule has 0 saturated carbocycles. The van der Waals surface area contributed by atoms with Gasteiger partial charge in [-0.05, 0) is 65.3 Å². The monoisotopic (exact) mass is 453 g/mol. The number of hydrogen-bond acceptors (Lipinski definition) is 3. The van der Waals surface area contributed by atoms with Crippen LogP contribution in [0.1, 0.15) is 9.67 Å². The van der Waals surface area contributed by atoms with Crippen LogP contribution >= 0.6 is 59.1 Å². The van der Waals surface area contributed by atoms with E-state index in [1.165, 1.54) is 15.9 Å². The number of nitrogens with zero attached hydrogens (tertiary/aromatic N) is 1. The van der Waals surface area contributed by atoms with Gasteiger partial charge in [0.2, 0.25) is 0 Å². The maximum atomic E-state index is 12.1. The molecule has 0 unspecified atom stereocenters. The second kappa shape index (κ2) is 5.81. The number of pyridine rings is 1. The number of halogens is 3. The number of aromatic nitrogens is 1. The van der Waals surface area contributed by atoms with Crippen molar-refractivity contribution in [2.24, 2.45) is 0 Å². The molecule has 3 nitrogen and oxygen atoms in total. The van der Waals surface area contributed by atoms with Crippen molar-refractivity contribution >= 4 is 64.9 Å². The quantitative estimate of drug-likeness (QED) is 0.654. The number of carbonyl (C=O) groups is 1. The van der Waals surface area contributed by atoms with Crippen molar-refractivity contribution in [2.75, 3.05) is 0 Å². The number of thiophene rings is 1. The third-order valence-electron chi connectivity index (χ3n) is 2.19. The van der Waals surface area contributed by atoms with Gasteiger partial charge in [0, 0.05) is 15.1 Å². The summed E-state index contributed by atoms with van der Waals surface area (Å²) in [6.45, 7) is 0.0238. The summed E-state index contributed by atoms with van der Waals surface area (Å²) < 4.78 is 3.31. The summed E-state index contributed by atoms with van der Waals surface area (Å²) in [6.07, 6.45) is 1.60. The molecule has 2 heterocycles. The van der Waals surface area contributed by atoms with Crippen molar-refractivity contribution < 1.29 is 4.79 Å². The van der Waals surface area contributed by atoms with E-state index < -0.39 is 0 Å². The molecule has 0 aliphatic heterocycles. The Hall–Kier alpha value is -0.240. The Balaban J connectivity index is 2.33.